The zero-order chi connectivity index (χ0) is 25.6. The van der Waals surface area contributed by atoms with E-state index in [9.17, 15) is 14.9 Å². The third kappa shape index (κ3) is 4.56. The molecule has 2 amide bonds. The molecule has 192 valence electrons. The fraction of sp³-hybridized carbons (Fsp3) is 0.464. The van der Waals surface area contributed by atoms with Gasteiger partial charge in [-0.15, -0.1) is 5.26 Å². The maximum atomic E-state index is 13.4. The van der Waals surface area contributed by atoms with Gasteiger partial charge in [-0.25, -0.2) is 5.09 Å². The Hall–Kier alpha value is -3.14. The first-order valence-electron chi connectivity index (χ1n) is 13.2. The van der Waals surface area contributed by atoms with Crippen LogP contribution < -0.4 is 15.3 Å². The summed E-state index contributed by atoms with van der Waals surface area (Å²) in [6, 6.07) is 11.8. The molecule has 0 bridgehead atoms. The van der Waals surface area contributed by atoms with E-state index < -0.39 is 13.0 Å². The lowest BCUT2D eigenvalue weighted by molar-refractivity contribution is -0.126. The molecule has 9 heteroatoms. The summed E-state index contributed by atoms with van der Waals surface area (Å²) in [7, 11) is 0.163. The van der Waals surface area contributed by atoms with Crippen LogP contribution in [0, 0.1) is 11.1 Å². The molecule has 0 atom stereocenters. The number of piperazine rings is 1. The van der Waals surface area contributed by atoms with Crippen LogP contribution in [0.1, 0.15) is 42.5 Å². The van der Waals surface area contributed by atoms with Crippen molar-refractivity contribution < 1.29 is 14.0 Å². The van der Waals surface area contributed by atoms with Crippen LogP contribution in [0.2, 0.25) is 0 Å². The largest absolute Gasteiger partial charge is 0.456 e. The Bertz CT molecular complexity index is 1410. The number of likely N-dealkylation sites (N-methyl/N-ethyl adjacent to an activating group) is 1. The predicted octanol–water partition coefficient (Wildman–Crippen LogP) is 4.31. The SMILES string of the molecule is CN1CCN(c2ccc3oc4cc(C(=O)NC5(C(=O)N[P+]6(C#N)CC6)CCCCC5)ccc4c3c2)CC1. The standard InChI is InChI=1S/C28H32N5O3P/c1-32-11-13-33(14-12-32)21-6-8-24-23(18-21)22-7-5-20(17-25(22)36-24)26(34)30-28(9-3-2-4-10-28)27(35)31-37(19-29)15-16-37/h5-8,17-18H,2-4,9-16H2,1H3,(H-,30,31,34,35)/p+1. The number of hydrogen-bond acceptors (Lipinski definition) is 6. The molecule has 8 nitrogen and oxygen atoms in total. The Kier molecular flexibility index (Phi) is 6.09. The lowest BCUT2D eigenvalue weighted by atomic mass is 9.81. The summed E-state index contributed by atoms with van der Waals surface area (Å²) in [6.45, 7) is 4.08. The number of amides is 2. The Morgan fingerprint density at radius 1 is 0.973 bits per heavy atom. The lowest BCUT2D eigenvalue weighted by Crippen LogP contribution is -2.59. The minimum Gasteiger partial charge on any atom is -0.456 e. The molecule has 0 unspecified atom stereocenters. The van der Waals surface area contributed by atoms with Gasteiger partial charge in [0.15, 0.2) is 0 Å². The Labute approximate surface area is 217 Å². The van der Waals surface area contributed by atoms with Crippen LogP contribution in [0.5, 0.6) is 0 Å². The van der Waals surface area contributed by atoms with Gasteiger partial charge in [-0.05, 0) is 56.3 Å². The minimum absolute atomic E-state index is 0.186. The van der Waals surface area contributed by atoms with Gasteiger partial charge in [0.1, 0.15) is 29.0 Å². The van der Waals surface area contributed by atoms with Crippen LogP contribution in [-0.4, -0.2) is 67.8 Å². The van der Waals surface area contributed by atoms with Gasteiger partial charge in [-0.2, -0.15) is 0 Å². The van der Waals surface area contributed by atoms with E-state index >= 15 is 0 Å². The summed E-state index contributed by atoms with van der Waals surface area (Å²) in [4.78, 5) is 31.5. The van der Waals surface area contributed by atoms with Crippen LogP contribution in [0.25, 0.3) is 21.9 Å². The molecule has 0 spiro atoms. The van der Waals surface area contributed by atoms with Gasteiger partial charge in [0.25, 0.3) is 17.6 Å². The quantitative estimate of drug-likeness (QED) is 0.488. The van der Waals surface area contributed by atoms with Crippen molar-refractivity contribution >= 4 is 46.9 Å². The van der Waals surface area contributed by atoms with E-state index in [0.29, 0.717) is 24.0 Å². The second kappa shape index (κ2) is 9.31. The Balaban J connectivity index is 1.25. The van der Waals surface area contributed by atoms with Gasteiger partial charge < -0.3 is 19.5 Å². The summed E-state index contributed by atoms with van der Waals surface area (Å²) >= 11 is 0. The molecule has 1 saturated carbocycles. The van der Waals surface area contributed by atoms with Gasteiger partial charge in [0, 0.05) is 48.2 Å². The lowest BCUT2D eigenvalue weighted by Gasteiger charge is -2.36. The molecule has 2 saturated heterocycles. The average molecular weight is 519 g/mol. The Morgan fingerprint density at radius 2 is 1.73 bits per heavy atom. The van der Waals surface area contributed by atoms with Crippen molar-refractivity contribution in [1.29, 1.82) is 5.26 Å². The molecule has 1 aromatic heterocycles. The number of nitrogens with one attached hydrogen (secondary N) is 2. The molecular formula is C28H33N5O3P+. The van der Waals surface area contributed by atoms with E-state index in [4.69, 9.17) is 4.42 Å². The predicted molar refractivity (Wildman–Crippen MR) is 147 cm³/mol. The number of carbonyl (C=O) groups is 2. The highest BCUT2D eigenvalue weighted by Gasteiger charge is 2.58. The van der Waals surface area contributed by atoms with Gasteiger partial charge in [-0.1, -0.05) is 19.3 Å². The molecule has 2 N–H and O–H groups in total. The molecule has 1 aliphatic carbocycles. The van der Waals surface area contributed by atoms with E-state index in [0.717, 1.165) is 74.1 Å². The molecule has 3 heterocycles. The summed E-state index contributed by atoms with van der Waals surface area (Å²) < 4.78 is 6.14. The molecule has 3 aromatic rings. The molecule has 3 aliphatic rings. The normalized spacial score (nSPS) is 20.9. The number of fused-ring (bicyclic) bond motifs is 3. The molecule has 3 fully saturated rings. The first-order chi connectivity index (χ1) is 17.9. The van der Waals surface area contributed by atoms with E-state index in [-0.39, 0.29) is 11.8 Å². The summed E-state index contributed by atoms with van der Waals surface area (Å²) in [5, 5.41) is 17.6. The maximum Gasteiger partial charge on any atom is 0.277 e. The molecule has 2 aliphatic heterocycles. The van der Waals surface area contributed by atoms with Crippen molar-refractivity contribution in [1.82, 2.24) is 15.3 Å². The topological polar surface area (TPSA) is 102 Å². The van der Waals surface area contributed by atoms with Crippen molar-refractivity contribution in [2.24, 2.45) is 0 Å². The maximum absolute atomic E-state index is 13.4. The van der Waals surface area contributed by atoms with Gasteiger partial charge in [-0.3, -0.25) is 9.59 Å². The number of nitriles is 1. The fourth-order valence-electron chi connectivity index (χ4n) is 5.66. The van der Waals surface area contributed by atoms with Gasteiger partial charge in [0.05, 0.1) is 0 Å². The first kappa shape index (κ1) is 24.2. The monoisotopic (exact) mass is 518 g/mol. The van der Waals surface area contributed by atoms with E-state index in [1.807, 2.05) is 18.2 Å². The zero-order valence-corrected chi connectivity index (χ0v) is 22.2. The minimum atomic E-state index is -1.99. The highest BCUT2D eigenvalue weighted by molar-refractivity contribution is 7.85. The van der Waals surface area contributed by atoms with Gasteiger partial charge in [0.2, 0.25) is 7.41 Å². The van der Waals surface area contributed by atoms with Crippen molar-refractivity contribution in [2.75, 3.05) is 50.5 Å². The number of anilines is 1. The fourth-order valence-corrected chi connectivity index (χ4v) is 7.54. The number of benzene rings is 2. The van der Waals surface area contributed by atoms with Crippen molar-refractivity contribution in [2.45, 2.75) is 37.6 Å². The summed E-state index contributed by atoms with van der Waals surface area (Å²) in [5.41, 5.74) is 2.16. The van der Waals surface area contributed by atoms with Crippen LogP contribution in [-0.2, 0) is 4.79 Å². The summed E-state index contributed by atoms with van der Waals surface area (Å²) in [6.07, 6.45) is 5.55. The van der Waals surface area contributed by atoms with E-state index in [1.54, 1.807) is 6.07 Å². The van der Waals surface area contributed by atoms with Crippen molar-refractivity contribution in [3.05, 3.63) is 42.0 Å². The van der Waals surface area contributed by atoms with Crippen LogP contribution in [0.3, 0.4) is 0 Å². The highest BCUT2D eigenvalue weighted by Crippen LogP contribution is 2.67. The third-order valence-corrected chi connectivity index (χ3v) is 10.6. The summed E-state index contributed by atoms with van der Waals surface area (Å²) in [5.74, 6) is 1.87. The smallest absolute Gasteiger partial charge is 0.277 e. The second-order valence-corrected chi connectivity index (χ2v) is 14.1. The average Bonchev–Trinajstić information content (AvgIpc) is 3.60. The van der Waals surface area contributed by atoms with Crippen molar-refractivity contribution in [3.63, 3.8) is 0 Å². The molecular weight excluding hydrogens is 485 g/mol. The molecule has 37 heavy (non-hydrogen) atoms. The Morgan fingerprint density at radius 3 is 2.43 bits per heavy atom. The third-order valence-electron chi connectivity index (χ3n) is 8.26. The number of hydrogen-bond donors (Lipinski definition) is 2. The first-order valence-corrected chi connectivity index (χ1v) is 15.4. The zero-order valence-electron chi connectivity index (χ0n) is 21.3. The number of nitrogens with zero attached hydrogens (tertiary/aromatic N) is 3. The van der Waals surface area contributed by atoms with Crippen LogP contribution in [0.4, 0.5) is 5.69 Å². The molecule has 2 aromatic carbocycles. The van der Waals surface area contributed by atoms with Crippen LogP contribution in [0.15, 0.2) is 40.8 Å². The van der Waals surface area contributed by atoms with Crippen LogP contribution >= 0.6 is 7.41 Å². The molecule has 6 rings (SSSR count). The molecule has 0 radical (unpaired) electrons. The second-order valence-electron chi connectivity index (χ2n) is 10.8. The van der Waals surface area contributed by atoms with E-state index in [2.05, 4.69) is 45.2 Å². The van der Waals surface area contributed by atoms with E-state index in [1.165, 1.54) is 5.69 Å². The highest BCUT2D eigenvalue weighted by atomic mass is 31.2. The number of carbonyl (C=O) groups excluding carboxylic acids is 2. The number of rotatable bonds is 5. The van der Waals surface area contributed by atoms with Crippen molar-refractivity contribution in [3.8, 4) is 5.81 Å². The number of furan rings is 1. The van der Waals surface area contributed by atoms with Gasteiger partial charge >= 0.3 is 0 Å².